The summed E-state index contributed by atoms with van der Waals surface area (Å²) in [6, 6.07) is 11.2. The largest absolute Gasteiger partial charge is 0.399 e. The number of carbonyl (C=O) groups excluding carboxylic acids is 1. The Bertz CT molecular complexity index is 818. The first-order valence-electron chi connectivity index (χ1n) is 6.48. The van der Waals surface area contributed by atoms with E-state index in [1.165, 1.54) is 0 Å². The minimum Gasteiger partial charge on any atom is -0.399 e. The van der Waals surface area contributed by atoms with Gasteiger partial charge in [-0.25, -0.2) is 0 Å². The lowest BCUT2D eigenvalue weighted by molar-refractivity contribution is 0.102. The number of nitrogens with two attached hydrogens (primary N) is 1. The quantitative estimate of drug-likeness (QED) is 0.613. The molecular formula is C16H14BrN3O. The predicted octanol–water partition coefficient (Wildman–Crippen LogP) is 4.07. The molecule has 0 unspecified atom stereocenters. The van der Waals surface area contributed by atoms with Crippen molar-refractivity contribution in [3.63, 3.8) is 0 Å². The molecule has 0 atom stereocenters. The molecule has 0 aliphatic rings. The van der Waals surface area contributed by atoms with Crippen LogP contribution in [0.25, 0.3) is 10.9 Å². The molecule has 0 bridgehead atoms. The van der Waals surface area contributed by atoms with Crippen LogP contribution in [0.15, 0.2) is 47.1 Å². The van der Waals surface area contributed by atoms with E-state index in [1.807, 2.05) is 37.3 Å². The van der Waals surface area contributed by atoms with Crippen LogP contribution in [0, 0.1) is 6.92 Å². The topological polar surface area (TPSA) is 70.9 Å². The van der Waals surface area contributed by atoms with E-state index in [2.05, 4.69) is 26.2 Å². The van der Waals surface area contributed by atoms with Crippen LogP contribution in [0.4, 0.5) is 11.4 Å². The number of fused-ring (bicyclic) bond motifs is 1. The number of aromatic nitrogens is 1. The van der Waals surface area contributed by atoms with Gasteiger partial charge in [-0.15, -0.1) is 0 Å². The first-order valence-corrected chi connectivity index (χ1v) is 7.27. The molecule has 0 spiro atoms. The van der Waals surface area contributed by atoms with Crippen molar-refractivity contribution < 1.29 is 4.79 Å². The Morgan fingerprint density at radius 3 is 2.81 bits per heavy atom. The van der Waals surface area contributed by atoms with Crippen LogP contribution in [-0.4, -0.2) is 10.9 Å². The fraction of sp³-hybridized carbons (Fsp3) is 0.0625. The van der Waals surface area contributed by atoms with E-state index >= 15 is 0 Å². The molecule has 0 saturated heterocycles. The van der Waals surface area contributed by atoms with Crippen LogP contribution in [0.1, 0.15) is 15.9 Å². The number of hydrogen-bond acceptors (Lipinski definition) is 2. The second-order valence-electron chi connectivity index (χ2n) is 4.98. The Balaban J connectivity index is 1.93. The van der Waals surface area contributed by atoms with Crippen LogP contribution in [-0.2, 0) is 0 Å². The highest BCUT2D eigenvalue weighted by Crippen LogP contribution is 2.23. The summed E-state index contributed by atoms with van der Waals surface area (Å²) in [5.41, 5.74) is 9.69. The van der Waals surface area contributed by atoms with E-state index in [1.54, 1.807) is 12.3 Å². The Kier molecular flexibility index (Phi) is 3.43. The molecule has 0 saturated carbocycles. The average Bonchev–Trinajstić information content (AvgIpc) is 2.80. The molecule has 0 aliphatic heterocycles. The second-order valence-corrected chi connectivity index (χ2v) is 5.89. The molecular weight excluding hydrogens is 330 g/mol. The van der Waals surface area contributed by atoms with E-state index in [4.69, 9.17) is 5.73 Å². The summed E-state index contributed by atoms with van der Waals surface area (Å²) < 4.78 is 0.935. The molecule has 0 fully saturated rings. The number of carbonyl (C=O) groups is 1. The zero-order chi connectivity index (χ0) is 15.0. The lowest BCUT2D eigenvalue weighted by Gasteiger charge is -2.06. The monoisotopic (exact) mass is 343 g/mol. The third-order valence-corrected chi connectivity index (χ3v) is 3.71. The van der Waals surface area contributed by atoms with Crippen molar-refractivity contribution >= 4 is 44.1 Å². The molecule has 21 heavy (non-hydrogen) atoms. The molecule has 0 radical (unpaired) electrons. The van der Waals surface area contributed by atoms with Crippen molar-refractivity contribution in [2.24, 2.45) is 0 Å². The van der Waals surface area contributed by atoms with Crippen LogP contribution in [0.3, 0.4) is 0 Å². The van der Waals surface area contributed by atoms with E-state index in [-0.39, 0.29) is 5.91 Å². The van der Waals surface area contributed by atoms with Gasteiger partial charge in [0.1, 0.15) is 0 Å². The molecule has 106 valence electrons. The highest BCUT2D eigenvalue weighted by molar-refractivity contribution is 9.10. The number of aryl methyl sites for hydroxylation is 1. The van der Waals surface area contributed by atoms with Gasteiger partial charge in [0, 0.05) is 32.9 Å². The number of nitrogen functional groups attached to an aromatic ring is 1. The molecule has 4 N–H and O–H groups in total. The average molecular weight is 344 g/mol. The van der Waals surface area contributed by atoms with Gasteiger partial charge in [0.2, 0.25) is 0 Å². The number of benzene rings is 2. The zero-order valence-electron chi connectivity index (χ0n) is 11.4. The van der Waals surface area contributed by atoms with E-state index in [0.717, 1.165) is 26.6 Å². The normalized spacial score (nSPS) is 10.8. The van der Waals surface area contributed by atoms with Gasteiger partial charge in [-0.2, -0.15) is 0 Å². The molecule has 3 aromatic rings. The van der Waals surface area contributed by atoms with Crippen LogP contribution < -0.4 is 11.1 Å². The van der Waals surface area contributed by atoms with E-state index in [9.17, 15) is 4.79 Å². The second kappa shape index (κ2) is 5.26. The predicted molar refractivity (Wildman–Crippen MR) is 89.5 cm³/mol. The molecule has 0 aliphatic carbocycles. The fourth-order valence-corrected chi connectivity index (χ4v) is 2.95. The summed E-state index contributed by atoms with van der Waals surface area (Å²) >= 11 is 3.43. The number of nitrogens with one attached hydrogen (secondary N) is 2. The van der Waals surface area contributed by atoms with Gasteiger partial charge < -0.3 is 16.0 Å². The van der Waals surface area contributed by atoms with Crippen molar-refractivity contribution in [1.29, 1.82) is 0 Å². The number of rotatable bonds is 2. The Morgan fingerprint density at radius 1 is 1.24 bits per heavy atom. The van der Waals surface area contributed by atoms with Gasteiger partial charge in [0.25, 0.3) is 5.91 Å². The van der Waals surface area contributed by atoms with Gasteiger partial charge in [0.05, 0.1) is 5.56 Å². The van der Waals surface area contributed by atoms with Crippen molar-refractivity contribution in [3.05, 3.63) is 58.2 Å². The fourth-order valence-electron chi connectivity index (χ4n) is 2.34. The summed E-state index contributed by atoms with van der Waals surface area (Å²) in [6.45, 7) is 1.98. The lowest BCUT2D eigenvalue weighted by Crippen LogP contribution is -2.11. The van der Waals surface area contributed by atoms with Crippen molar-refractivity contribution in [2.75, 3.05) is 11.1 Å². The number of amides is 1. The first-order chi connectivity index (χ1) is 10.0. The molecule has 4 nitrogen and oxygen atoms in total. The van der Waals surface area contributed by atoms with Gasteiger partial charge in [-0.1, -0.05) is 15.9 Å². The molecule has 1 heterocycles. The maximum Gasteiger partial charge on any atom is 0.257 e. The molecule has 1 aromatic heterocycles. The van der Waals surface area contributed by atoms with Crippen molar-refractivity contribution in [1.82, 2.24) is 4.98 Å². The zero-order valence-corrected chi connectivity index (χ0v) is 13.0. The highest BCUT2D eigenvalue weighted by atomic mass is 79.9. The number of H-pyrrole nitrogens is 1. The van der Waals surface area contributed by atoms with Crippen molar-refractivity contribution in [3.8, 4) is 0 Å². The van der Waals surface area contributed by atoms with Gasteiger partial charge >= 0.3 is 0 Å². The SMILES string of the molecule is Cc1cc(Br)cc(NC(=O)c2c[nH]c3cc(N)ccc23)c1. The summed E-state index contributed by atoms with van der Waals surface area (Å²) in [5.74, 6) is -0.150. The van der Waals surface area contributed by atoms with Gasteiger partial charge in [0.15, 0.2) is 0 Å². The smallest absolute Gasteiger partial charge is 0.257 e. The molecule has 5 heteroatoms. The third kappa shape index (κ3) is 2.78. The number of anilines is 2. The summed E-state index contributed by atoms with van der Waals surface area (Å²) in [6.07, 6.45) is 1.70. The molecule has 1 amide bonds. The minimum absolute atomic E-state index is 0.150. The van der Waals surface area contributed by atoms with E-state index < -0.39 is 0 Å². The lowest BCUT2D eigenvalue weighted by atomic mass is 10.1. The van der Waals surface area contributed by atoms with Crippen molar-refractivity contribution in [2.45, 2.75) is 6.92 Å². The van der Waals surface area contributed by atoms with Gasteiger partial charge in [-0.3, -0.25) is 4.79 Å². The first kappa shape index (κ1) is 13.7. The summed E-state index contributed by atoms with van der Waals surface area (Å²) in [7, 11) is 0. The standard InChI is InChI=1S/C16H14BrN3O/c1-9-4-10(17)6-12(5-9)20-16(21)14-8-19-15-7-11(18)2-3-13(14)15/h2-8,19H,18H2,1H3,(H,20,21). The van der Waals surface area contributed by atoms with Crippen LogP contribution in [0.5, 0.6) is 0 Å². The molecule has 3 rings (SSSR count). The van der Waals surface area contributed by atoms with Crippen LogP contribution >= 0.6 is 15.9 Å². The molecule has 2 aromatic carbocycles. The summed E-state index contributed by atoms with van der Waals surface area (Å²) in [4.78, 5) is 15.5. The number of halogens is 1. The summed E-state index contributed by atoms with van der Waals surface area (Å²) in [5, 5.41) is 3.77. The Labute approximate surface area is 130 Å². The third-order valence-electron chi connectivity index (χ3n) is 3.25. The number of hydrogen-bond donors (Lipinski definition) is 3. The highest BCUT2D eigenvalue weighted by Gasteiger charge is 2.12. The number of aromatic amines is 1. The Morgan fingerprint density at radius 2 is 2.05 bits per heavy atom. The maximum absolute atomic E-state index is 12.4. The van der Waals surface area contributed by atoms with Crippen LogP contribution in [0.2, 0.25) is 0 Å². The Hall–Kier alpha value is -2.27. The van der Waals surface area contributed by atoms with Gasteiger partial charge in [-0.05, 0) is 48.9 Å². The minimum atomic E-state index is -0.150. The maximum atomic E-state index is 12.4. The van der Waals surface area contributed by atoms with E-state index in [0.29, 0.717) is 11.3 Å².